The van der Waals surface area contributed by atoms with Crippen LogP contribution in [-0.2, 0) is 24.8 Å². The van der Waals surface area contributed by atoms with Gasteiger partial charge in [-0.25, -0.2) is 4.98 Å². The second-order valence-electron chi connectivity index (χ2n) is 6.66. The van der Waals surface area contributed by atoms with Crippen LogP contribution in [0.2, 0.25) is 0 Å². The average molecular weight is 325 g/mol. The molecule has 1 aliphatic rings. The molecule has 1 aromatic carbocycles. The Morgan fingerprint density at radius 1 is 1.29 bits per heavy atom. The fourth-order valence-corrected chi connectivity index (χ4v) is 3.54. The van der Waals surface area contributed by atoms with Crippen LogP contribution in [0.4, 0.5) is 0 Å². The van der Waals surface area contributed by atoms with Crippen molar-refractivity contribution >= 4 is 11.0 Å². The molecule has 0 aliphatic carbocycles. The summed E-state index contributed by atoms with van der Waals surface area (Å²) in [4.78, 5) is 6.91. The summed E-state index contributed by atoms with van der Waals surface area (Å²) < 4.78 is 13.4. The van der Waals surface area contributed by atoms with Crippen molar-refractivity contribution in [3.63, 3.8) is 0 Å². The number of fused-ring (bicyclic) bond motifs is 1. The van der Waals surface area contributed by atoms with Crippen LogP contribution in [0.15, 0.2) is 47.5 Å². The first-order valence-corrected chi connectivity index (χ1v) is 8.50. The number of hydrogen-bond donors (Lipinski definition) is 0. The van der Waals surface area contributed by atoms with Gasteiger partial charge in [-0.15, -0.1) is 0 Å². The van der Waals surface area contributed by atoms with Crippen LogP contribution in [0.1, 0.15) is 11.3 Å². The van der Waals surface area contributed by atoms with Crippen molar-refractivity contribution in [1.82, 2.24) is 14.5 Å². The lowest BCUT2D eigenvalue weighted by atomic mass is 9.97. The molecule has 0 saturated carbocycles. The van der Waals surface area contributed by atoms with E-state index < -0.39 is 0 Å². The smallest absolute Gasteiger partial charge is 0.134 e. The zero-order valence-electron chi connectivity index (χ0n) is 14.0. The van der Waals surface area contributed by atoms with E-state index >= 15 is 0 Å². The molecule has 24 heavy (non-hydrogen) atoms. The summed E-state index contributed by atoms with van der Waals surface area (Å²) in [5.41, 5.74) is 3.43. The quantitative estimate of drug-likeness (QED) is 0.740. The van der Waals surface area contributed by atoms with E-state index in [9.17, 15) is 0 Å². The number of imidazole rings is 1. The molecule has 2 aromatic heterocycles. The Morgan fingerprint density at radius 2 is 2.25 bits per heavy atom. The van der Waals surface area contributed by atoms with Gasteiger partial charge in [-0.3, -0.25) is 4.90 Å². The van der Waals surface area contributed by atoms with Crippen LogP contribution in [0.25, 0.3) is 11.0 Å². The summed E-state index contributed by atoms with van der Waals surface area (Å²) in [7, 11) is 2.01. The van der Waals surface area contributed by atoms with E-state index in [1.54, 1.807) is 6.26 Å². The van der Waals surface area contributed by atoms with Crippen LogP contribution >= 0.6 is 0 Å². The molecule has 0 radical (unpaired) electrons. The first-order chi connectivity index (χ1) is 11.8. The van der Waals surface area contributed by atoms with Gasteiger partial charge in [-0.1, -0.05) is 12.1 Å². The molecule has 0 amide bonds. The Hall–Kier alpha value is -2.11. The Morgan fingerprint density at radius 3 is 3.12 bits per heavy atom. The third kappa shape index (κ3) is 3.37. The summed E-state index contributed by atoms with van der Waals surface area (Å²) in [6.45, 7) is 4.48. The summed E-state index contributed by atoms with van der Waals surface area (Å²) in [6.07, 6.45) is 6.73. The summed E-state index contributed by atoms with van der Waals surface area (Å²) in [5.74, 6) is 0.483. The molecule has 5 nitrogen and oxygen atoms in total. The van der Waals surface area contributed by atoms with Crippen LogP contribution in [0.3, 0.4) is 0 Å². The molecule has 5 heteroatoms. The molecule has 1 aliphatic heterocycles. The summed E-state index contributed by atoms with van der Waals surface area (Å²) >= 11 is 0. The average Bonchev–Trinajstić information content (AvgIpc) is 3.15. The lowest BCUT2D eigenvalue weighted by molar-refractivity contribution is 0.122. The molecule has 0 spiro atoms. The molecule has 3 aromatic rings. The number of aryl methyl sites for hydroxylation is 1. The van der Waals surface area contributed by atoms with E-state index in [1.807, 2.05) is 24.0 Å². The van der Waals surface area contributed by atoms with Crippen molar-refractivity contribution in [3.8, 4) is 0 Å². The Kier molecular flexibility index (Phi) is 4.36. The number of hydrogen-bond acceptors (Lipinski definition) is 4. The maximum atomic E-state index is 5.86. The van der Waals surface area contributed by atoms with Gasteiger partial charge < -0.3 is 13.7 Å². The van der Waals surface area contributed by atoms with Crippen LogP contribution in [0.5, 0.6) is 0 Å². The van der Waals surface area contributed by atoms with Gasteiger partial charge in [0.25, 0.3) is 0 Å². The molecular formula is C19H23N3O2. The topological polar surface area (TPSA) is 43.4 Å². The van der Waals surface area contributed by atoms with Crippen LogP contribution < -0.4 is 0 Å². The van der Waals surface area contributed by atoms with E-state index in [1.165, 1.54) is 10.9 Å². The number of ether oxygens (including phenoxy) is 1. The van der Waals surface area contributed by atoms with Gasteiger partial charge in [0.05, 0.1) is 31.5 Å². The largest absolute Gasteiger partial charge is 0.464 e. The lowest BCUT2D eigenvalue weighted by Crippen LogP contribution is -2.30. The molecule has 1 fully saturated rings. The van der Waals surface area contributed by atoms with Crippen molar-refractivity contribution in [2.75, 3.05) is 26.3 Å². The summed E-state index contributed by atoms with van der Waals surface area (Å²) in [5, 5.41) is 1.22. The third-order valence-corrected chi connectivity index (χ3v) is 4.66. The molecule has 1 atom stereocenters. The zero-order chi connectivity index (χ0) is 16.4. The number of benzene rings is 1. The van der Waals surface area contributed by atoms with Crippen molar-refractivity contribution in [3.05, 3.63) is 54.3 Å². The molecule has 4 rings (SSSR count). The van der Waals surface area contributed by atoms with Crippen molar-refractivity contribution in [2.24, 2.45) is 13.0 Å². The number of rotatable bonds is 4. The van der Waals surface area contributed by atoms with Gasteiger partial charge in [-0.05, 0) is 30.0 Å². The minimum atomic E-state index is 0.483. The Bertz CT molecular complexity index is 808. The van der Waals surface area contributed by atoms with E-state index in [0.29, 0.717) is 5.92 Å². The molecule has 3 heterocycles. The highest BCUT2D eigenvalue weighted by molar-refractivity contribution is 5.80. The maximum Gasteiger partial charge on any atom is 0.134 e. The summed E-state index contributed by atoms with van der Waals surface area (Å²) in [6, 6.07) is 8.36. The second kappa shape index (κ2) is 6.79. The second-order valence-corrected chi connectivity index (χ2v) is 6.66. The number of furan rings is 1. The molecule has 0 unspecified atom stereocenters. The monoisotopic (exact) mass is 325 g/mol. The molecular weight excluding hydrogens is 302 g/mol. The normalized spacial score (nSPS) is 19.6. The van der Waals surface area contributed by atoms with Crippen molar-refractivity contribution in [1.29, 1.82) is 0 Å². The van der Waals surface area contributed by atoms with Crippen LogP contribution in [0, 0.1) is 5.92 Å². The molecule has 0 bridgehead atoms. The van der Waals surface area contributed by atoms with Gasteiger partial charge in [0.2, 0.25) is 0 Å². The standard InChI is InChI=1S/C19H23N3O2/c1-21-11-17(20-14-21)12-22-6-8-23-13-15(10-22)9-16-3-2-4-19-18(16)5-7-24-19/h2-5,7,11,14-15H,6,8-10,12-13H2,1H3/t15-/m1/s1. The highest BCUT2D eigenvalue weighted by Gasteiger charge is 2.20. The van der Waals surface area contributed by atoms with Gasteiger partial charge in [0, 0.05) is 38.3 Å². The minimum Gasteiger partial charge on any atom is -0.464 e. The maximum absolute atomic E-state index is 5.86. The first-order valence-electron chi connectivity index (χ1n) is 8.50. The SMILES string of the molecule is Cn1cnc(CN2CCOC[C@H](Cc3cccc4occc34)C2)c1. The van der Waals surface area contributed by atoms with Crippen molar-refractivity contribution < 1.29 is 9.15 Å². The van der Waals surface area contributed by atoms with Gasteiger partial charge in [-0.2, -0.15) is 0 Å². The first kappa shape index (κ1) is 15.4. The molecule has 0 N–H and O–H groups in total. The zero-order valence-corrected chi connectivity index (χ0v) is 14.0. The predicted molar refractivity (Wildman–Crippen MR) is 92.7 cm³/mol. The fraction of sp³-hybridized carbons (Fsp3) is 0.421. The van der Waals surface area contributed by atoms with E-state index in [0.717, 1.165) is 50.5 Å². The lowest BCUT2D eigenvalue weighted by Gasteiger charge is -2.22. The molecule has 126 valence electrons. The minimum absolute atomic E-state index is 0.483. The fourth-order valence-electron chi connectivity index (χ4n) is 3.54. The van der Waals surface area contributed by atoms with E-state index in [-0.39, 0.29) is 0 Å². The van der Waals surface area contributed by atoms with E-state index in [4.69, 9.17) is 9.15 Å². The van der Waals surface area contributed by atoms with Crippen molar-refractivity contribution in [2.45, 2.75) is 13.0 Å². The Labute approximate surface area is 141 Å². The molecule has 1 saturated heterocycles. The predicted octanol–water partition coefficient (Wildman–Crippen LogP) is 2.86. The highest BCUT2D eigenvalue weighted by atomic mass is 16.5. The van der Waals surface area contributed by atoms with Gasteiger partial charge in [0.15, 0.2) is 0 Å². The number of aromatic nitrogens is 2. The highest BCUT2D eigenvalue weighted by Crippen LogP contribution is 2.24. The third-order valence-electron chi connectivity index (χ3n) is 4.66. The number of nitrogens with zero attached hydrogens (tertiary/aromatic N) is 3. The van der Waals surface area contributed by atoms with E-state index in [2.05, 4.69) is 34.3 Å². The Balaban J connectivity index is 1.47. The van der Waals surface area contributed by atoms with Gasteiger partial charge >= 0.3 is 0 Å². The van der Waals surface area contributed by atoms with Crippen LogP contribution in [-0.4, -0.2) is 40.8 Å². The van der Waals surface area contributed by atoms with Gasteiger partial charge in [0.1, 0.15) is 5.58 Å².